The summed E-state index contributed by atoms with van der Waals surface area (Å²) in [6.45, 7) is 1.92. The Morgan fingerprint density at radius 1 is 1.78 bits per heavy atom. The summed E-state index contributed by atoms with van der Waals surface area (Å²) in [6.07, 6.45) is 0. The zero-order valence-electron chi connectivity index (χ0n) is 4.88. The minimum absolute atomic E-state index is 0.254. The van der Waals surface area contributed by atoms with Gasteiger partial charge in [-0.1, -0.05) is 23.2 Å². The molecule has 1 atom stereocenters. The van der Waals surface area contributed by atoms with E-state index < -0.39 is 12.1 Å². The predicted molar refractivity (Wildman–Crippen MR) is 38.9 cm³/mol. The van der Waals surface area contributed by atoms with Crippen LogP contribution in [0.1, 0.15) is 6.92 Å². The van der Waals surface area contributed by atoms with Crippen molar-refractivity contribution in [3.63, 3.8) is 0 Å². The molecule has 0 saturated carbocycles. The largest absolute Gasteiger partial charge is 0.316 e. The molecule has 0 aliphatic rings. The number of halogens is 2. The normalized spacial score (nSPS) is 17.9. The summed E-state index contributed by atoms with van der Waals surface area (Å²) in [5, 5.41) is 0. The Bertz CT molecular complexity index is 129. The summed E-state index contributed by atoms with van der Waals surface area (Å²) in [4.78, 5) is 0. The van der Waals surface area contributed by atoms with Crippen molar-refractivity contribution in [3.05, 3.63) is 0 Å². The van der Waals surface area contributed by atoms with Crippen LogP contribution < -0.4 is 5.50 Å². The van der Waals surface area contributed by atoms with E-state index in [2.05, 4.69) is 4.52 Å². The van der Waals surface area contributed by atoms with Crippen LogP contribution in [-0.4, -0.2) is 11.2 Å². The van der Waals surface area contributed by atoms with E-state index >= 15 is 0 Å². The first-order chi connectivity index (χ1) is 4.00. The second-order valence-electron chi connectivity index (χ2n) is 1.34. The van der Waals surface area contributed by atoms with E-state index in [0.29, 0.717) is 0 Å². The Hall–Kier alpha value is 0.730. The third-order valence-corrected chi connectivity index (χ3v) is 3.44. The first kappa shape index (κ1) is 9.73. The average molecular weight is 192 g/mol. The molecule has 0 fully saturated rings. The zero-order valence-corrected chi connectivity index (χ0v) is 7.29. The van der Waals surface area contributed by atoms with Crippen molar-refractivity contribution in [2.24, 2.45) is 5.50 Å². The molecular weight excluding hydrogens is 184 g/mol. The minimum Gasteiger partial charge on any atom is -0.316 e. The Morgan fingerprint density at radius 2 is 2.22 bits per heavy atom. The van der Waals surface area contributed by atoms with Crippen molar-refractivity contribution in [3.8, 4) is 0 Å². The van der Waals surface area contributed by atoms with Gasteiger partial charge in [-0.15, -0.1) is 0 Å². The van der Waals surface area contributed by atoms with Gasteiger partial charge in [-0.2, -0.15) is 0 Å². The molecule has 0 saturated heterocycles. The number of alkyl halides is 2. The van der Waals surface area contributed by atoms with E-state index in [9.17, 15) is 4.57 Å². The van der Waals surface area contributed by atoms with E-state index in [1.165, 1.54) is 0 Å². The van der Waals surface area contributed by atoms with E-state index in [1.807, 2.05) is 0 Å². The predicted octanol–water partition coefficient (Wildman–Crippen LogP) is 1.94. The molecule has 9 heavy (non-hydrogen) atoms. The fourth-order valence-corrected chi connectivity index (χ4v) is 1.11. The molecule has 0 radical (unpaired) electrons. The van der Waals surface area contributed by atoms with Gasteiger partial charge in [0.15, 0.2) is 4.58 Å². The average Bonchev–Trinajstić information content (AvgIpc) is 1.65. The van der Waals surface area contributed by atoms with Crippen LogP contribution in [0.15, 0.2) is 0 Å². The number of nitrogens with two attached hydrogens (primary N) is 1. The van der Waals surface area contributed by atoms with Crippen LogP contribution in [0.3, 0.4) is 0 Å². The van der Waals surface area contributed by atoms with Crippen LogP contribution in [0.4, 0.5) is 0 Å². The zero-order chi connectivity index (χ0) is 7.49. The van der Waals surface area contributed by atoms with Crippen molar-refractivity contribution in [2.45, 2.75) is 11.5 Å². The van der Waals surface area contributed by atoms with Gasteiger partial charge in [0, 0.05) is 0 Å². The molecule has 3 nitrogen and oxygen atoms in total. The first-order valence-corrected chi connectivity index (χ1v) is 4.95. The summed E-state index contributed by atoms with van der Waals surface area (Å²) >= 11 is 10.4. The lowest BCUT2D eigenvalue weighted by molar-refractivity contribution is 0.335. The van der Waals surface area contributed by atoms with Crippen LogP contribution >= 0.6 is 30.7 Å². The molecule has 0 aliphatic carbocycles. The smallest absolute Gasteiger partial charge is 0.299 e. The number of hydrogen-bond acceptors (Lipinski definition) is 2. The highest BCUT2D eigenvalue weighted by atomic mass is 35.5. The molecule has 0 bridgehead atoms. The third-order valence-electron chi connectivity index (χ3n) is 0.603. The van der Waals surface area contributed by atoms with Gasteiger partial charge in [0.05, 0.1) is 6.61 Å². The molecule has 56 valence electrons. The molecule has 0 aromatic rings. The van der Waals surface area contributed by atoms with Crippen molar-refractivity contribution in [1.82, 2.24) is 0 Å². The van der Waals surface area contributed by atoms with Gasteiger partial charge in [0.2, 0.25) is 0 Å². The monoisotopic (exact) mass is 191 g/mol. The van der Waals surface area contributed by atoms with Gasteiger partial charge in [-0.25, -0.2) is 0 Å². The van der Waals surface area contributed by atoms with Gasteiger partial charge in [0.25, 0.3) is 7.52 Å². The van der Waals surface area contributed by atoms with Crippen LogP contribution in [0, 0.1) is 0 Å². The maximum atomic E-state index is 10.8. The molecule has 0 amide bonds. The number of rotatable bonds is 3. The molecule has 0 spiro atoms. The van der Waals surface area contributed by atoms with Gasteiger partial charge in [0.1, 0.15) is 0 Å². The Balaban J connectivity index is 3.87. The summed E-state index contributed by atoms with van der Waals surface area (Å²) < 4.78 is 14.2. The van der Waals surface area contributed by atoms with Gasteiger partial charge in [-0.05, 0) is 6.92 Å². The fraction of sp³-hybridized carbons (Fsp3) is 1.00. The van der Waals surface area contributed by atoms with Crippen LogP contribution in [0.25, 0.3) is 0 Å². The maximum Gasteiger partial charge on any atom is 0.299 e. The van der Waals surface area contributed by atoms with E-state index in [0.717, 1.165) is 0 Å². The molecule has 0 heterocycles. The summed E-state index contributed by atoms with van der Waals surface area (Å²) in [5.74, 6) is 0. The standard InChI is InChI=1S/C3H8Cl2NO2P/c1-2-8-9(6,7)3(4)5/h3H,2H2,1H3,(H2,6,7). The SMILES string of the molecule is CCOP(N)(=O)C(Cl)Cl. The van der Waals surface area contributed by atoms with E-state index in [1.54, 1.807) is 6.92 Å². The van der Waals surface area contributed by atoms with Gasteiger partial charge in [-0.3, -0.25) is 10.1 Å². The third kappa shape index (κ3) is 3.43. The lowest BCUT2D eigenvalue weighted by atomic mass is 10.9. The Kier molecular flexibility index (Phi) is 4.10. The molecule has 6 heteroatoms. The Labute approximate surface area is 64.0 Å². The van der Waals surface area contributed by atoms with Crippen molar-refractivity contribution >= 4 is 30.7 Å². The highest BCUT2D eigenvalue weighted by molar-refractivity contribution is 7.61. The summed E-state index contributed by atoms with van der Waals surface area (Å²) in [7, 11) is -3.23. The van der Waals surface area contributed by atoms with Crippen LogP contribution in [0.5, 0.6) is 0 Å². The van der Waals surface area contributed by atoms with Gasteiger partial charge < -0.3 is 4.52 Å². The Morgan fingerprint density at radius 3 is 2.33 bits per heavy atom. The molecule has 2 N–H and O–H groups in total. The fourth-order valence-electron chi connectivity index (χ4n) is 0.258. The van der Waals surface area contributed by atoms with Crippen LogP contribution in [0.2, 0.25) is 0 Å². The van der Waals surface area contributed by atoms with E-state index in [4.69, 9.17) is 28.7 Å². The summed E-state index contributed by atoms with van der Waals surface area (Å²) in [6, 6.07) is 0. The lowest BCUT2D eigenvalue weighted by Gasteiger charge is -2.11. The van der Waals surface area contributed by atoms with Crippen molar-refractivity contribution in [1.29, 1.82) is 0 Å². The van der Waals surface area contributed by atoms with E-state index in [-0.39, 0.29) is 6.61 Å². The highest BCUT2D eigenvalue weighted by Crippen LogP contribution is 2.47. The molecule has 0 aromatic carbocycles. The second-order valence-corrected chi connectivity index (χ2v) is 5.11. The second kappa shape index (κ2) is 3.79. The number of hydrogen-bond donors (Lipinski definition) is 1. The van der Waals surface area contributed by atoms with Crippen LogP contribution in [-0.2, 0) is 9.09 Å². The first-order valence-electron chi connectivity index (χ1n) is 2.31. The molecule has 0 aliphatic heterocycles. The lowest BCUT2D eigenvalue weighted by Crippen LogP contribution is -2.05. The highest BCUT2D eigenvalue weighted by Gasteiger charge is 2.25. The quantitative estimate of drug-likeness (QED) is 0.548. The maximum absolute atomic E-state index is 10.8. The minimum atomic E-state index is -3.23. The van der Waals surface area contributed by atoms with Crippen molar-refractivity contribution in [2.75, 3.05) is 6.61 Å². The molecular formula is C3H8Cl2NO2P. The molecule has 0 rings (SSSR count). The van der Waals surface area contributed by atoms with Gasteiger partial charge >= 0.3 is 0 Å². The molecule has 1 unspecified atom stereocenters. The molecule has 0 aromatic heterocycles. The topological polar surface area (TPSA) is 52.3 Å². The van der Waals surface area contributed by atoms with Crippen molar-refractivity contribution < 1.29 is 9.09 Å². The summed E-state index contributed by atoms with van der Waals surface area (Å²) in [5.41, 5.74) is 5.04.